The zero-order chi connectivity index (χ0) is 13.8. The van der Waals surface area contributed by atoms with Gasteiger partial charge >= 0.3 is 0 Å². The number of hydrogen-bond donors (Lipinski definition) is 1. The van der Waals surface area contributed by atoms with E-state index in [1.807, 2.05) is 0 Å². The number of rotatable bonds is 6. The van der Waals surface area contributed by atoms with Crippen LogP contribution in [0.5, 0.6) is 0 Å². The van der Waals surface area contributed by atoms with Crippen LogP contribution in [0.2, 0.25) is 0 Å². The van der Waals surface area contributed by atoms with E-state index >= 15 is 0 Å². The molecule has 3 nitrogen and oxygen atoms in total. The van der Waals surface area contributed by atoms with Gasteiger partial charge in [0.1, 0.15) is 5.52 Å². The summed E-state index contributed by atoms with van der Waals surface area (Å²) >= 11 is 5.10. The highest BCUT2D eigenvalue weighted by atomic mass is 32.1. The molecule has 0 saturated heterocycles. The maximum Gasteiger partial charge on any atom is 0.184 e. The van der Waals surface area contributed by atoms with Crippen LogP contribution in [0.1, 0.15) is 6.42 Å². The second-order valence-corrected chi connectivity index (χ2v) is 4.42. The number of hydrogen-bond acceptors (Lipinski definition) is 2. The number of halogens is 2. The molecule has 2 rings (SSSR count). The van der Waals surface area contributed by atoms with Crippen molar-refractivity contribution in [1.29, 1.82) is 0 Å². The topological polar surface area (TPSA) is 29.9 Å². The van der Waals surface area contributed by atoms with E-state index < -0.39 is 11.6 Å². The SMILES string of the molecule is C=CCCOCCn1c(=S)[nH]c2ccc(F)c(F)c21. The van der Waals surface area contributed by atoms with Crippen molar-refractivity contribution < 1.29 is 13.5 Å². The lowest BCUT2D eigenvalue weighted by molar-refractivity contribution is 0.131. The monoisotopic (exact) mass is 284 g/mol. The predicted molar refractivity (Wildman–Crippen MR) is 72.7 cm³/mol. The third kappa shape index (κ3) is 2.90. The highest BCUT2D eigenvalue weighted by molar-refractivity contribution is 7.71. The van der Waals surface area contributed by atoms with E-state index in [1.54, 1.807) is 6.08 Å². The van der Waals surface area contributed by atoms with Gasteiger partial charge in [-0.1, -0.05) is 6.08 Å². The summed E-state index contributed by atoms with van der Waals surface area (Å²) in [7, 11) is 0. The average molecular weight is 284 g/mol. The highest BCUT2D eigenvalue weighted by Crippen LogP contribution is 2.20. The Hall–Kier alpha value is -1.53. The number of imidazole rings is 1. The van der Waals surface area contributed by atoms with Crippen LogP contribution in [0, 0.1) is 16.4 Å². The van der Waals surface area contributed by atoms with Crippen molar-refractivity contribution >= 4 is 23.3 Å². The van der Waals surface area contributed by atoms with Crippen LogP contribution < -0.4 is 0 Å². The first-order chi connectivity index (χ1) is 9.15. The lowest BCUT2D eigenvalue weighted by atomic mass is 10.3. The van der Waals surface area contributed by atoms with E-state index in [1.165, 1.54) is 10.6 Å². The number of H-pyrrole nitrogens is 1. The Morgan fingerprint density at radius 3 is 2.89 bits per heavy atom. The summed E-state index contributed by atoms with van der Waals surface area (Å²) in [6.07, 6.45) is 2.51. The Morgan fingerprint density at radius 2 is 2.16 bits per heavy atom. The van der Waals surface area contributed by atoms with Crippen molar-refractivity contribution in [2.75, 3.05) is 13.2 Å². The van der Waals surface area contributed by atoms with Gasteiger partial charge in [-0.15, -0.1) is 6.58 Å². The van der Waals surface area contributed by atoms with Crippen molar-refractivity contribution in [1.82, 2.24) is 9.55 Å². The number of aromatic amines is 1. The molecule has 1 N–H and O–H groups in total. The van der Waals surface area contributed by atoms with Crippen LogP contribution in [0.4, 0.5) is 8.78 Å². The minimum Gasteiger partial charge on any atom is -0.379 e. The lowest BCUT2D eigenvalue weighted by Gasteiger charge is -2.06. The summed E-state index contributed by atoms with van der Waals surface area (Å²) in [5.74, 6) is -1.78. The van der Waals surface area contributed by atoms with Crippen molar-refractivity contribution in [2.24, 2.45) is 0 Å². The van der Waals surface area contributed by atoms with Gasteiger partial charge in [0.25, 0.3) is 0 Å². The van der Waals surface area contributed by atoms with Gasteiger partial charge in [0.2, 0.25) is 0 Å². The fourth-order valence-electron chi connectivity index (χ4n) is 1.83. The fourth-order valence-corrected chi connectivity index (χ4v) is 2.12. The van der Waals surface area contributed by atoms with E-state index in [2.05, 4.69) is 11.6 Å². The summed E-state index contributed by atoms with van der Waals surface area (Å²) in [5, 5.41) is 0. The van der Waals surface area contributed by atoms with Gasteiger partial charge in [0, 0.05) is 6.54 Å². The highest BCUT2D eigenvalue weighted by Gasteiger charge is 2.13. The summed E-state index contributed by atoms with van der Waals surface area (Å²) in [6.45, 7) is 4.89. The molecule has 0 bridgehead atoms. The van der Waals surface area contributed by atoms with Gasteiger partial charge in [0.15, 0.2) is 16.4 Å². The molecule has 1 heterocycles. The van der Waals surface area contributed by atoms with Gasteiger partial charge in [-0.05, 0) is 30.8 Å². The molecule has 0 aliphatic rings. The maximum absolute atomic E-state index is 13.8. The largest absolute Gasteiger partial charge is 0.379 e. The maximum atomic E-state index is 13.8. The zero-order valence-electron chi connectivity index (χ0n) is 10.3. The number of ether oxygens (including phenoxy) is 1. The minimum absolute atomic E-state index is 0.150. The van der Waals surface area contributed by atoms with Gasteiger partial charge in [-0.2, -0.15) is 0 Å². The minimum atomic E-state index is -0.893. The molecule has 1 aromatic carbocycles. The van der Waals surface area contributed by atoms with Crippen LogP contribution in [0.15, 0.2) is 24.8 Å². The fraction of sp³-hybridized carbons (Fsp3) is 0.308. The van der Waals surface area contributed by atoms with Gasteiger partial charge in [0.05, 0.1) is 18.7 Å². The molecule has 0 saturated carbocycles. The summed E-state index contributed by atoms with van der Waals surface area (Å²) < 4.78 is 34.3. The molecular formula is C13H14F2N2OS. The molecule has 0 unspecified atom stereocenters. The summed E-state index contributed by atoms with van der Waals surface area (Å²) in [4.78, 5) is 2.85. The molecule has 0 amide bonds. The van der Waals surface area contributed by atoms with Gasteiger partial charge in [-0.3, -0.25) is 0 Å². The normalized spacial score (nSPS) is 11.1. The molecule has 0 fully saturated rings. The van der Waals surface area contributed by atoms with E-state index in [0.717, 1.165) is 12.5 Å². The predicted octanol–water partition coefficient (Wildman–Crippen LogP) is 3.57. The number of aromatic nitrogens is 2. The Bertz CT molecular complexity index is 648. The molecule has 0 aliphatic heterocycles. The quantitative estimate of drug-likeness (QED) is 0.499. The Kier molecular flexibility index (Phi) is 4.44. The van der Waals surface area contributed by atoms with E-state index in [-0.39, 0.29) is 5.52 Å². The molecule has 1 aromatic heterocycles. The zero-order valence-corrected chi connectivity index (χ0v) is 11.1. The molecular weight excluding hydrogens is 270 g/mol. The Balaban J connectivity index is 2.22. The first-order valence-corrected chi connectivity index (χ1v) is 6.31. The first kappa shape index (κ1) is 13.9. The first-order valence-electron chi connectivity index (χ1n) is 5.90. The van der Waals surface area contributed by atoms with E-state index in [9.17, 15) is 8.78 Å². The molecule has 0 aliphatic carbocycles. The lowest BCUT2D eigenvalue weighted by Crippen LogP contribution is -2.07. The number of nitrogens with one attached hydrogen (secondary N) is 1. The van der Waals surface area contributed by atoms with E-state index in [0.29, 0.717) is 30.0 Å². The second-order valence-electron chi connectivity index (χ2n) is 4.03. The Morgan fingerprint density at radius 1 is 1.37 bits per heavy atom. The van der Waals surface area contributed by atoms with Crippen LogP contribution in [0.25, 0.3) is 11.0 Å². The third-order valence-corrected chi connectivity index (χ3v) is 3.07. The van der Waals surface area contributed by atoms with Crippen LogP contribution in [0.3, 0.4) is 0 Å². The molecule has 0 spiro atoms. The molecule has 2 aromatic rings. The van der Waals surface area contributed by atoms with Crippen LogP contribution in [-0.2, 0) is 11.3 Å². The standard InChI is InChI=1S/C13H14F2N2OS/c1-2-3-7-18-8-6-17-12-10(16-13(17)19)5-4-9(14)11(12)15/h2,4-5H,1,3,6-8H2,(H,16,19). The molecule has 0 atom stereocenters. The number of nitrogens with zero attached hydrogens (tertiary/aromatic N) is 1. The Labute approximate surface area is 114 Å². The molecule has 6 heteroatoms. The second kappa shape index (κ2) is 6.08. The number of benzene rings is 1. The molecule has 19 heavy (non-hydrogen) atoms. The summed E-state index contributed by atoms with van der Waals surface area (Å²) in [6, 6.07) is 2.55. The van der Waals surface area contributed by atoms with Crippen molar-refractivity contribution in [3.8, 4) is 0 Å². The summed E-state index contributed by atoms with van der Waals surface area (Å²) in [5.41, 5.74) is 0.632. The van der Waals surface area contributed by atoms with Gasteiger partial charge in [-0.25, -0.2) is 8.78 Å². The van der Waals surface area contributed by atoms with Crippen molar-refractivity contribution in [3.05, 3.63) is 41.2 Å². The molecule has 0 radical (unpaired) electrons. The van der Waals surface area contributed by atoms with Gasteiger partial charge < -0.3 is 14.3 Å². The van der Waals surface area contributed by atoms with Crippen molar-refractivity contribution in [3.63, 3.8) is 0 Å². The van der Waals surface area contributed by atoms with Crippen LogP contribution >= 0.6 is 12.2 Å². The number of fused-ring (bicyclic) bond motifs is 1. The third-order valence-electron chi connectivity index (χ3n) is 2.75. The van der Waals surface area contributed by atoms with Crippen molar-refractivity contribution in [2.45, 2.75) is 13.0 Å². The smallest absolute Gasteiger partial charge is 0.184 e. The average Bonchev–Trinajstić information content (AvgIpc) is 2.71. The van der Waals surface area contributed by atoms with E-state index in [4.69, 9.17) is 17.0 Å². The molecule has 102 valence electrons. The van der Waals surface area contributed by atoms with Crippen LogP contribution in [-0.4, -0.2) is 22.8 Å².